The molecule has 148 valence electrons. The Kier molecular flexibility index (Phi) is 6.38. The number of aromatic nitrogens is 2. The number of likely N-dealkylation sites (N-methyl/N-ethyl adjacent to an activating group) is 1. The van der Waals surface area contributed by atoms with Crippen LogP contribution in [0, 0.1) is 6.92 Å². The highest BCUT2D eigenvalue weighted by atomic mass is 35.5. The fraction of sp³-hybridized carbons (Fsp3) is 0.412. The van der Waals surface area contributed by atoms with Gasteiger partial charge in [-0.15, -0.1) is 0 Å². The molecule has 0 unspecified atom stereocenters. The van der Waals surface area contributed by atoms with Crippen LogP contribution in [0.4, 0.5) is 13.2 Å². The lowest BCUT2D eigenvalue weighted by Crippen LogP contribution is -2.43. The second-order valence-electron chi connectivity index (χ2n) is 6.37. The summed E-state index contributed by atoms with van der Waals surface area (Å²) >= 11 is 5.85. The topological polar surface area (TPSA) is 50.5 Å². The number of benzene rings is 1. The van der Waals surface area contributed by atoms with Crippen molar-refractivity contribution in [3.8, 4) is 5.69 Å². The van der Waals surface area contributed by atoms with Gasteiger partial charge in [-0.1, -0.05) is 11.6 Å². The van der Waals surface area contributed by atoms with Gasteiger partial charge in [0, 0.05) is 31.0 Å². The van der Waals surface area contributed by atoms with Crippen LogP contribution in [-0.4, -0.2) is 58.2 Å². The molecule has 1 aromatic carbocycles. The predicted octanol–water partition coefficient (Wildman–Crippen LogP) is 2.51. The lowest BCUT2D eigenvalue weighted by atomic mass is 10.3. The van der Waals surface area contributed by atoms with Crippen LogP contribution in [-0.2, 0) is 11.5 Å². The summed E-state index contributed by atoms with van der Waals surface area (Å²) < 4.78 is 41.2. The molecule has 0 bridgehead atoms. The summed E-state index contributed by atoms with van der Waals surface area (Å²) in [7, 11) is 2.92. The summed E-state index contributed by atoms with van der Waals surface area (Å²) in [6, 6.07) is 6.52. The van der Waals surface area contributed by atoms with Crippen molar-refractivity contribution >= 4 is 17.5 Å². The van der Waals surface area contributed by atoms with Crippen LogP contribution in [0.2, 0.25) is 5.02 Å². The second kappa shape index (κ2) is 8.18. The molecule has 0 aliphatic rings. The number of nitrogens with zero attached hydrogens (tertiary/aromatic N) is 4. The van der Waals surface area contributed by atoms with Crippen molar-refractivity contribution in [2.45, 2.75) is 19.8 Å². The number of aryl methyl sites for hydroxylation is 1. The van der Waals surface area contributed by atoms with Crippen LogP contribution >= 0.6 is 11.6 Å². The number of imidazole rings is 1. The van der Waals surface area contributed by atoms with Gasteiger partial charge in [0.25, 0.3) is 0 Å². The number of hydrogen-bond donors (Lipinski definition) is 0. The quantitative estimate of drug-likeness (QED) is 0.743. The molecule has 2 rings (SSSR count). The molecule has 6 nitrogen and oxygen atoms in total. The highest BCUT2D eigenvalue weighted by Gasteiger charge is 2.32. The number of rotatable bonds is 6. The van der Waals surface area contributed by atoms with E-state index in [-0.39, 0.29) is 6.67 Å². The van der Waals surface area contributed by atoms with Crippen molar-refractivity contribution in [3.05, 3.63) is 51.7 Å². The first-order chi connectivity index (χ1) is 12.5. The fourth-order valence-corrected chi connectivity index (χ4v) is 2.71. The van der Waals surface area contributed by atoms with Crippen LogP contribution in [0.25, 0.3) is 5.69 Å². The van der Waals surface area contributed by atoms with Crippen LogP contribution in [0.1, 0.15) is 5.69 Å². The molecule has 0 aliphatic heterocycles. The third-order valence-corrected chi connectivity index (χ3v) is 4.08. The van der Waals surface area contributed by atoms with Crippen LogP contribution < -0.4 is 5.69 Å². The van der Waals surface area contributed by atoms with E-state index in [0.717, 1.165) is 9.47 Å². The smallest absolute Gasteiger partial charge is 0.348 e. The van der Waals surface area contributed by atoms with Gasteiger partial charge >= 0.3 is 11.9 Å². The molecule has 0 spiro atoms. The lowest BCUT2D eigenvalue weighted by molar-refractivity contribution is -0.154. The number of alkyl halides is 3. The maximum atomic E-state index is 12.9. The Morgan fingerprint density at radius 3 is 2.30 bits per heavy atom. The summed E-state index contributed by atoms with van der Waals surface area (Å²) in [6.45, 7) is -0.445. The molecule has 2 aromatic rings. The molecule has 0 radical (unpaired) electrons. The number of hydrogen-bond acceptors (Lipinski definition) is 3. The summed E-state index contributed by atoms with van der Waals surface area (Å²) in [5, 5.41) is 0.502. The van der Waals surface area contributed by atoms with Gasteiger partial charge in [0.1, 0.15) is 0 Å². The van der Waals surface area contributed by atoms with E-state index in [2.05, 4.69) is 0 Å². The zero-order valence-electron chi connectivity index (χ0n) is 15.1. The Morgan fingerprint density at radius 1 is 1.19 bits per heavy atom. The summed E-state index contributed by atoms with van der Waals surface area (Å²) in [5.74, 6) is -0.485. The van der Waals surface area contributed by atoms with E-state index < -0.39 is 30.9 Å². The molecule has 0 aliphatic carbocycles. The third kappa shape index (κ3) is 5.61. The molecule has 27 heavy (non-hydrogen) atoms. The zero-order valence-corrected chi connectivity index (χ0v) is 15.9. The molecule has 1 aromatic heterocycles. The van der Waals surface area contributed by atoms with Gasteiger partial charge in [-0.2, -0.15) is 13.2 Å². The minimum atomic E-state index is -4.50. The molecule has 10 heteroatoms. The van der Waals surface area contributed by atoms with E-state index in [1.165, 1.54) is 29.8 Å². The molecule has 0 atom stereocenters. The molecule has 0 saturated heterocycles. The number of halogens is 4. The predicted molar refractivity (Wildman–Crippen MR) is 96.1 cm³/mol. The van der Waals surface area contributed by atoms with Crippen molar-refractivity contribution in [2.24, 2.45) is 0 Å². The van der Waals surface area contributed by atoms with E-state index in [4.69, 9.17) is 11.6 Å². The van der Waals surface area contributed by atoms with E-state index in [1.54, 1.807) is 31.2 Å². The molecule has 0 N–H and O–H groups in total. The maximum absolute atomic E-state index is 12.9. The maximum Gasteiger partial charge on any atom is 0.401 e. The van der Waals surface area contributed by atoms with Gasteiger partial charge in [0.05, 0.1) is 25.4 Å². The number of carbonyl (C=O) groups is 1. The van der Waals surface area contributed by atoms with Crippen LogP contribution in [0.15, 0.2) is 35.3 Å². The van der Waals surface area contributed by atoms with E-state index in [9.17, 15) is 22.8 Å². The van der Waals surface area contributed by atoms with Gasteiger partial charge in [0.2, 0.25) is 5.91 Å². The van der Waals surface area contributed by atoms with Gasteiger partial charge < -0.3 is 4.90 Å². The average Bonchev–Trinajstić information content (AvgIpc) is 2.80. The SMILES string of the molecule is Cc1cn(CN(CC(=O)N(C)C)CC(F)(F)F)c(=O)n1-c1ccc(Cl)cc1. The van der Waals surface area contributed by atoms with Gasteiger partial charge in [-0.05, 0) is 31.2 Å². The van der Waals surface area contributed by atoms with Gasteiger partial charge in [0.15, 0.2) is 0 Å². The molecule has 1 amide bonds. The summed E-state index contributed by atoms with van der Waals surface area (Å²) in [6.07, 6.45) is -3.04. The van der Waals surface area contributed by atoms with Crippen LogP contribution in [0.3, 0.4) is 0 Å². The van der Waals surface area contributed by atoms with Crippen molar-refractivity contribution in [3.63, 3.8) is 0 Å². The number of amides is 1. The summed E-state index contributed by atoms with van der Waals surface area (Å²) in [5.41, 5.74) is 0.597. The van der Waals surface area contributed by atoms with Crippen molar-refractivity contribution in [1.29, 1.82) is 0 Å². The molecule has 0 fully saturated rings. The first-order valence-electron chi connectivity index (χ1n) is 8.02. The lowest BCUT2D eigenvalue weighted by Gasteiger charge is -2.24. The largest absolute Gasteiger partial charge is 0.401 e. The first kappa shape index (κ1) is 21.0. The highest BCUT2D eigenvalue weighted by molar-refractivity contribution is 6.30. The monoisotopic (exact) mass is 404 g/mol. The van der Waals surface area contributed by atoms with Crippen molar-refractivity contribution < 1.29 is 18.0 Å². The van der Waals surface area contributed by atoms with Crippen molar-refractivity contribution in [1.82, 2.24) is 18.9 Å². The van der Waals surface area contributed by atoms with Gasteiger partial charge in [-0.25, -0.2) is 4.79 Å². The fourth-order valence-electron chi connectivity index (χ4n) is 2.58. The Morgan fingerprint density at radius 2 is 1.78 bits per heavy atom. The Balaban J connectivity index is 2.32. The Bertz CT molecular complexity index is 857. The van der Waals surface area contributed by atoms with Crippen LogP contribution in [0.5, 0.6) is 0 Å². The number of carbonyl (C=O) groups excluding carboxylic acids is 1. The minimum Gasteiger partial charge on any atom is -0.348 e. The average molecular weight is 405 g/mol. The standard InChI is InChI=1S/C17H20ClF3N4O2/c1-12-8-24(16(27)25(12)14-6-4-13(18)5-7-14)11-23(10-17(19,20)21)9-15(26)22(2)3/h4-8H,9-11H2,1-3H3. The van der Waals surface area contributed by atoms with Gasteiger partial charge in [-0.3, -0.25) is 18.8 Å². The second-order valence-corrected chi connectivity index (χ2v) is 6.80. The summed E-state index contributed by atoms with van der Waals surface area (Å²) in [4.78, 5) is 26.6. The minimum absolute atomic E-state index is 0.362. The van der Waals surface area contributed by atoms with E-state index >= 15 is 0 Å². The molecular weight excluding hydrogens is 385 g/mol. The first-order valence-corrected chi connectivity index (χ1v) is 8.39. The Hall–Kier alpha value is -2.26. The van der Waals surface area contributed by atoms with Crippen molar-refractivity contribution in [2.75, 3.05) is 27.2 Å². The molecular formula is C17H20ClF3N4O2. The zero-order chi connectivity index (χ0) is 20.4. The Labute approximate surface area is 159 Å². The molecule has 0 saturated carbocycles. The molecule has 1 heterocycles. The van der Waals surface area contributed by atoms with E-state index in [0.29, 0.717) is 16.4 Å². The normalized spacial score (nSPS) is 11.9. The van der Waals surface area contributed by atoms with E-state index in [1.807, 2.05) is 0 Å². The third-order valence-electron chi connectivity index (χ3n) is 3.83. The highest BCUT2D eigenvalue weighted by Crippen LogP contribution is 2.18.